The zero-order valence-electron chi connectivity index (χ0n) is 17.2. The first-order chi connectivity index (χ1) is 15.7. The standard InChI is InChI=1S/C22H18F3N5O2S/c1-2-15(12-4-3-5-13(8-12)22(23,24)25)19(31)30-21-28-16-7-6-14(9-17(16)29-21)27-20(32)18-10-33-11-26-18/h3-11,15H,2H2,1H3,(H,27,32)(H2,28,29,30,31). The van der Waals surface area contributed by atoms with Crippen molar-refractivity contribution in [1.29, 1.82) is 0 Å². The maximum absolute atomic E-state index is 13.0. The minimum absolute atomic E-state index is 0.156. The molecule has 2 amide bonds. The predicted molar refractivity (Wildman–Crippen MR) is 119 cm³/mol. The summed E-state index contributed by atoms with van der Waals surface area (Å²) in [6.07, 6.45) is -4.18. The van der Waals surface area contributed by atoms with E-state index in [9.17, 15) is 22.8 Å². The normalized spacial score (nSPS) is 12.5. The van der Waals surface area contributed by atoms with Crippen molar-refractivity contribution in [3.05, 3.63) is 70.2 Å². The SMILES string of the molecule is CCC(C(=O)Nc1nc2cc(NC(=O)c3cscn3)ccc2[nH]1)c1cccc(C(F)(F)F)c1. The van der Waals surface area contributed by atoms with Crippen molar-refractivity contribution >= 4 is 45.8 Å². The van der Waals surface area contributed by atoms with E-state index >= 15 is 0 Å². The quantitative estimate of drug-likeness (QED) is 0.348. The Labute approximate surface area is 190 Å². The second-order valence-corrected chi connectivity index (χ2v) is 7.94. The first kappa shape index (κ1) is 22.5. The molecule has 1 atom stereocenters. The van der Waals surface area contributed by atoms with Gasteiger partial charge in [0, 0.05) is 11.1 Å². The smallest absolute Gasteiger partial charge is 0.324 e. The molecule has 0 saturated carbocycles. The van der Waals surface area contributed by atoms with Crippen LogP contribution in [-0.4, -0.2) is 26.8 Å². The van der Waals surface area contributed by atoms with Crippen LogP contribution in [0.5, 0.6) is 0 Å². The molecule has 4 rings (SSSR count). The molecule has 4 aromatic rings. The molecule has 1 unspecified atom stereocenters. The number of imidazole rings is 1. The number of aromatic nitrogens is 3. The summed E-state index contributed by atoms with van der Waals surface area (Å²) >= 11 is 1.31. The lowest BCUT2D eigenvalue weighted by molar-refractivity contribution is -0.137. The molecule has 0 aliphatic heterocycles. The van der Waals surface area contributed by atoms with Gasteiger partial charge in [0.25, 0.3) is 5.91 Å². The zero-order chi connectivity index (χ0) is 23.6. The van der Waals surface area contributed by atoms with Crippen molar-refractivity contribution in [3.63, 3.8) is 0 Å². The number of hydrogen-bond acceptors (Lipinski definition) is 5. The number of carbonyl (C=O) groups is 2. The number of hydrogen-bond donors (Lipinski definition) is 3. The molecular weight excluding hydrogens is 455 g/mol. The molecule has 2 aromatic heterocycles. The van der Waals surface area contributed by atoms with Gasteiger partial charge in [-0.05, 0) is 36.2 Å². The topological polar surface area (TPSA) is 99.8 Å². The lowest BCUT2D eigenvalue weighted by Crippen LogP contribution is -2.21. The third-order valence-corrected chi connectivity index (χ3v) is 5.58. The molecule has 0 aliphatic carbocycles. The first-order valence-electron chi connectivity index (χ1n) is 9.92. The zero-order valence-corrected chi connectivity index (χ0v) is 18.1. The number of thiazole rings is 1. The van der Waals surface area contributed by atoms with E-state index in [0.717, 1.165) is 12.1 Å². The van der Waals surface area contributed by atoms with Crippen molar-refractivity contribution in [2.24, 2.45) is 0 Å². The van der Waals surface area contributed by atoms with Crippen molar-refractivity contribution < 1.29 is 22.8 Å². The van der Waals surface area contributed by atoms with Crippen LogP contribution in [0.3, 0.4) is 0 Å². The molecule has 33 heavy (non-hydrogen) atoms. The summed E-state index contributed by atoms with van der Waals surface area (Å²) in [6, 6.07) is 9.75. The Balaban J connectivity index is 1.51. The predicted octanol–water partition coefficient (Wildman–Crippen LogP) is 5.42. The fourth-order valence-electron chi connectivity index (χ4n) is 3.37. The number of anilines is 2. The number of H-pyrrole nitrogens is 1. The van der Waals surface area contributed by atoms with Crippen LogP contribution in [0.25, 0.3) is 11.0 Å². The molecule has 3 N–H and O–H groups in total. The van der Waals surface area contributed by atoms with Gasteiger partial charge in [0.2, 0.25) is 11.9 Å². The lowest BCUT2D eigenvalue weighted by Gasteiger charge is -2.16. The molecule has 0 saturated heterocycles. The summed E-state index contributed by atoms with van der Waals surface area (Å²) in [7, 11) is 0. The van der Waals surface area contributed by atoms with Gasteiger partial charge in [0.05, 0.1) is 28.0 Å². The molecule has 2 aromatic carbocycles. The van der Waals surface area contributed by atoms with Crippen LogP contribution >= 0.6 is 11.3 Å². The van der Waals surface area contributed by atoms with Gasteiger partial charge in [0.15, 0.2) is 0 Å². The van der Waals surface area contributed by atoms with E-state index in [1.54, 1.807) is 36.0 Å². The van der Waals surface area contributed by atoms with E-state index in [-0.39, 0.29) is 17.4 Å². The number of halogens is 3. The number of aromatic amines is 1. The Kier molecular flexibility index (Phi) is 6.14. The summed E-state index contributed by atoms with van der Waals surface area (Å²) < 4.78 is 39.1. The van der Waals surface area contributed by atoms with Gasteiger partial charge in [-0.25, -0.2) is 9.97 Å². The number of carbonyl (C=O) groups excluding carboxylic acids is 2. The summed E-state index contributed by atoms with van der Waals surface area (Å²) in [5.41, 5.74) is 2.94. The van der Waals surface area contributed by atoms with Gasteiger partial charge in [-0.15, -0.1) is 11.3 Å². The molecule has 0 radical (unpaired) electrons. The minimum atomic E-state index is -4.49. The number of nitrogens with zero attached hydrogens (tertiary/aromatic N) is 2. The van der Waals surface area contributed by atoms with Gasteiger partial charge in [-0.3, -0.25) is 14.9 Å². The molecule has 11 heteroatoms. The van der Waals surface area contributed by atoms with E-state index in [4.69, 9.17) is 0 Å². The molecule has 170 valence electrons. The molecule has 0 bridgehead atoms. The Bertz CT molecular complexity index is 1300. The average molecular weight is 473 g/mol. The highest BCUT2D eigenvalue weighted by atomic mass is 32.1. The Hall–Kier alpha value is -3.73. The Morgan fingerprint density at radius 3 is 2.67 bits per heavy atom. The summed E-state index contributed by atoms with van der Waals surface area (Å²) in [5, 5.41) is 6.99. The molecule has 0 aliphatic rings. The van der Waals surface area contributed by atoms with Crippen molar-refractivity contribution in [3.8, 4) is 0 Å². The van der Waals surface area contributed by atoms with Crippen molar-refractivity contribution in [2.45, 2.75) is 25.4 Å². The van der Waals surface area contributed by atoms with Crippen molar-refractivity contribution in [2.75, 3.05) is 10.6 Å². The molecule has 7 nitrogen and oxygen atoms in total. The summed E-state index contributed by atoms with van der Waals surface area (Å²) in [6.45, 7) is 1.72. The maximum atomic E-state index is 13.0. The second kappa shape index (κ2) is 9.02. The number of nitrogens with one attached hydrogen (secondary N) is 3. The highest BCUT2D eigenvalue weighted by Gasteiger charge is 2.31. The Morgan fingerprint density at radius 2 is 1.97 bits per heavy atom. The van der Waals surface area contributed by atoms with Crippen LogP contribution < -0.4 is 10.6 Å². The number of benzene rings is 2. The molecule has 2 heterocycles. The van der Waals surface area contributed by atoms with E-state index in [1.807, 2.05) is 0 Å². The van der Waals surface area contributed by atoms with Crippen LogP contribution in [0.15, 0.2) is 53.4 Å². The third-order valence-electron chi connectivity index (χ3n) is 4.99. The van der Waals surface area contributed by atoms with Crippen LogP contribution in [0.4, 0.5) is 24.8 Å². The number of fused-ring (bicyclic) bond motifs is 1. The molecule has 0 spiro atoms. The first-order valence-corrected chi connectivity index (χ1v) is 10.9. The van der Waals surface area contributed by atoms with E-state index in [1.165, 1.54) is 23.5 Å². The van der Waals surface area contributed by atoms with Crippen LogP contribution in [0.2, 0.25) is 0 Å². The number of amides is 2. The van der Waals surface area contributed by atoms with E-state index < -0.39 is 23.6 Å². The maximum Gasteiger partial charge on any atom is 0.416 e. The number of alkyl halides is 3. The van der Waals surface area contributed by atoms with Crippen LogP contribution in [0, 0.1) is 0 Å². The van der Waals surface area contributed by atoms with Gasteiger partial charge in [-0.2, -0.15) is 13.2 Å². The fourth-order valence-corrected chi connectivity index (χ4v) is 3.90. The third kappa shape index (κ3) is 5.03. The fraction of sp³-hybridized carbons (Fsp3) is 0.182. The van der Waals surface area contributed by atoms with E-state index in [2.05, 4.69) is 25.6 Å². The summed E-state index contributed by atoms with van der Waals surface area (Å²) in [5.74, 6) is -1.46. The van der Waals surface area contributed by atoms with Gasteiger partial charge in [0.1, 0.15) is 5.69 Å². The van der Waals surface area contributed by atoms with Crippen molar-refractivity contribution in [1.82, 2.24) is 15.0 Å². The highest BCUT2D eigenvalue weighted by molar-refractivity contribution is 7.07. The van der Waals surface area contributed by atoms with Crippen LogP contribution in [0.1, 0.15) is 40.9 Å². The van der Waals surface area contributed by atoms with Gasteiger partial charge < -0.3 is 10.3 Å². The second-order valence-electron chi connectivity index (χ2n) is 7.22. The average Bonchev–Trinajstić information content (AvgIpc) is 3.43. The summed E-state index contributed by atoms with van der Waals surface area (Å²) in [4.78, 5) is 36.2. The number of rotatable bonds is 6. The van der Waals surface area contributed by atoms with Gasteiger partial charge in [-0.1, -0.05) is 25.1 Å². The molecular formula is C22H18F3N5O2S. The minimum Gasteiger partial charge on any atom is -0.324 e. The molecule has 0 fully saturated rings. The largest absolute Gasteiger partial charge is 0.416 e. The van der Waals surface area contributed by atoms with Crippen LogP contribution in [-0.2, 0) is 11.0 Å². The van der Waals surface area contributed by atoms with E-state index in [0.29, 0.717) is 28.8 Å². The highest BCUT2D eigenvalue weighted by Crippen LogP contribution is 2.32. The van der Waals surface area contributed by atoms with Gasteiger partial charge >= 0.3 is 6.18 Å². The monoisotopic (exact) mass is 473 g/mol. The Morgan fingerprint density at radius 1 is 1.15 bits per heavy atom. The lowest BCUT2D eigenvalue weighted by atomic mass is 9.94.